The number of hydrogen-bond acceptors (Lipinski definition) is 4. The summed E-state index contributed by atoms with van der Waals surface area (Å²) in [6, 6.07) is 14.7. The van der Waals surface area contributed by atoms with Crippen LogP contribution in [0.4, 0.5) is 0 Å². The van der Waals surface area contributed by atoms with Crippen LogP contribution in [0.3, 0.4) is 0 Å². The third-order valence-electron chi connectivity index (χ3n) is 6.34. The Balaban J connectivity index is 1.84. The molecule has 3 nitrogen and oxygen atoms in total. The number of ether oxygens (including phenoxy) is 2. The predicted octanol–water partition coefficient (Wildman–Crippen LogP) is 6.60. The second-order valence-corrected chi connectivity index (χ2v) is 9.96. The summed E-state index contributed by atoms with van der Waals surface area (Å²) in [4.78, 5) is 12.9. The standard InChI is InChI=1S/C26H34O3S/c1-19-8-9-20(2)23(16-19)24(25(27)29-4)17-26(14-6-5-7-15-26)30-18-21-10-12-22(28-3)13-11-21/h8-13,16,24H,5-7,14-15,17-18H2,1-4H3. The second-order valence-electron chi connectivity index (χ2n) is 8.52. The lowest BCUT2D eigenvalue weighted by Crippen LogP contribution is -2.33. The number of aryl methyl sites for hydroxylation is 2. The molecule has 0 radical (unpaired) electrons. The highest BCUT2D eigenvalue weighted by Crippen LogP contribution is 2.48. The van der Waals surface area contributed by atoms with Gasteiger partial charge in [-0.15, -0.1) is 0 Å². The third-order valence-corrected chi connectivity index (χ3v) is 8.01. The highest BCUT2D eigenvalue weighted by atomic mass is 32.2. The first-order valence-corrected chi connectivity index (χ1v) is 11.9. The zero-order valence-electron chi connectivity index (χ0n) is 18.7. The van der Waals surface area contributed by atoms with Gasteiger partial charge in [0.05, 0.1) is 20.1 Å². The molecule has 1 aliphatic rings. The molecule has 1 fully saturated rings. The van der Waals surface area contributed by atoms with Crippen LogP contribution in [0.15, 0.2) is 42.5 Å². The monoisotopic (exact) mass is 426 g/mol. The number of benzene rings is 2. The van der Waals surface area contributed by atoms with Gasteiger partial charge in [0.25, 0.3) is 0 Å². The maximum Gasteiger partial charge on any atom is 0.313 e. The van der Waals surface area contributed by atoms with Crippen molar-refractivity contribution < 1.29 is 14.3 Å². The molecule has 2 aromatic carbocycles. The maximum absolute atomic E-state index is 12.9. The molecule has 0 aromatic heterocycles. The lowest BCUT2D eigenvalue weighted by Gasteiger charge is -2.39. The molecule has 0 heterocycles. The Morgan fingerprint density at radius 2 is 1.73 bits per heavy atom. The van der Waals surface area contributed by atoms with Gasteiger partial charge in [-0.3, -0.25) is 4.79 Å². The summed E-state index contributed by atoms with van der Waals surface area (Å²) in [5, 5.41) is 0. The molecule has 2 aromatic rings. The number of carbonyl (C=O) groups excluding carboxylic acids is 1. The fraction of sp³-hybridized carbons (Fsp3) is 0.500. The van der Waals surface area contributed by atoms with Gasteiger partial charge < -0.3 is 9.47 Å². The lowest BCUT2D eigenvalue weighted by molar-refractivity contribution is -0.142. The lowest BCUT2D eigenvalue weighted by atomic mass is 9.78. The van der Waals surface area contributed by atoms with Crippen molar-refractivity contribution in [3.05, 3.63) is 64.7 Å². The summed E-state index contributed by atoms with van der Waals surface area (Å²) in [6.45, 7) is 4.19. The molecule has 30 heavy (non-hydrogen) atoms. The molecular weight excluding hydrogens is 392 g/mol. The van der Waals surface area contributed by atoms with Crippen molar-refractivity contribution in [1.29, 1.82) is 0 Å². The number of rotatable bonds is 8. The minimum atomic E-state index is -0.212. The van der Waals surface area contributed by atoms with E-state index in [1.54, 1.807) is 7.11 Å². The second kappa shape index (κ2) is 10.4. The van der Waals surface area contributed by atoms with Crippen LogP contribution >= 0.6 is 11.8 Å². The van der Waals surface area contributed by atoms with Gasteiger partial charge in [0.2, 0.25) is 0 Å². The minimum Gasteiger partial charge on any atom is -0.497 e. The highest BCUT2D eigenvalue weighted by molar-refractivity contribution is 7.99. The molecule has 3 rings (SSSR count). The quantitative estimate of drug-likeness (QED) is 0.446. The van der Waals surface area contributed by atoms with Crippen LogP contribution in [0.2, 0.25) is 0 Å². The van der Waals surface area contributed by atoms with Gasteiger partial charge >= 0.3 is 5.97 Å². The normalized spacial score (nSPS) is 16.7. The summed E-state index contributed by atoms with van der Waals surface area (Å²) in [7, 11) is 3.21. The van der Waals surface area contributed by atoms with Crippen molar-refractivity contribution in [2.45, 2.75) is 68.8 Å². The molecule has 162 valence electrons. The zero-order chi connectivity index (χ0) is 21.6. The average molecular weight is 427 g/mol. The fourth-order valence-corrected chi connectivity index (χ4v) is 6.06. The van der Waals surface area contributed by atoms with Gasteiger partial charge in [0.15, 0.2) is 0 Å². The molecule has 0 saturated heterocycles. The van der Waals surface area contributed by atoms with Gasteiger partial charge in [0, 0.05) is 10.5 Å². The summed E-state index contributed by atoms with van der Waals surface area (Å²) in [5.74, 6) is 1.51. The van der Waals surface area contributed by atoms with Crippen molar-refractivity contribution in [1.82, 2.24) is 0 Å². The third kappa shape index (κ3) is 5.60. The first-order chi connectivity index (χ1) is 14.5. The highest BCUT2D eigenvalue weighted by Gasteiger charge is 2.38. The smallest absolute Gasteiger partial charge is 0.313 e. The van der Waals surface area contributed by atoms with Gasteiger partial charge in [-0.2, -0.15) is 11.8 Å². The molecule has 1 saturated carbocycles. The molecule has 1 atom stereocenters. The van der Waals surface area contributed by atoms with Crippen molar-refractivity contribution in [3.63, 3.8) is 0 Å². The molecule has 4 heteroatoms. The Kier molecular flexibility index (Phi) is 7.87. The number of hydrogen-bond donors (Lipinski definition) is 0. The summed E-state index contributed by atoms with van der Waals surface area (Å²) in [5.41, 5.74) is 4.78. The topological polar surface area (TPSA) is 35.5 Å². The molecule has 0 spiro atoms. The molecule has 0 bridgehead atoms. The summed E-state index contributed by atoms with van der Waals surface area (Å²) < 4.78 is 10.7. The Hall–Kier alpha value is -1.94. The van der Waals surface area contributed by atoms with Crippen LogP contribution < -0.4 is 4.74 Å². The Bertz CT molecular complexity index is 838. The van der Waals surface area contributed by atoms with Crippen molar-refractivity contribution >= 4 is 17.7 Å². The largest absolute Gasteiger partial charge is 0.497 e. The van der Waals surface area contributed by atoms with Crippen LogP contribution in [0, 0.1) is 13.8 Å². The molecular formula is C26H34O3S. The van der Waals surface area contributed by atoms with E-state index in [9.17, 15) is 4.79 Å². The van der Waals surface area contributed by atoms with E-state index in [-0.39, 0.29) is 16.6 Å². The number of carbonyl (C=O) groups is 1. The first-order valence-electron chi connectivity index (χ1n) is 10.9. The Morgan fingerprint density at radius 1 is 1.03 bits per heavy atom. The van der Waals surface area contributed by atoms with Crippen LogP contribution in [0.1, 0.15) is 66.7 Å². The number of methoxy groups -OCH3 is 2. The van der Waals surface area contributed by atoms with E-state index in [0.29, 0.717) is 0 Å². The minimum absolute atomic E-state index is 0.104. The van der Waals surface area contributed by atoms with Gasteiger partial charge in [-0.1, -0.05) is 55.2 Å². The van der Waals surface area contributed by atoms with E-state index in [1.165, 1.54) is 43.1 Å². The Labute approximate surface area is 185 Å². The van der Waals surface area contributed by atoms with Crippen LogP contribution in [-0.4, -0.2) is 24.9 Å². The fourth-order valence-electron chi connectivity index (χ4n) is 4.53. The van der Waals surface area contributed by atoms with Crippen molar-refractivity contribution in [2.24, 2.45) is 0 Å². The van der Waals surface area contributed by atoms with Gasteiger partial charge in [-0.05, 0) is 61.9 Å². The number of esters is 1. The first kappa shape index (κ1) is 22.7. The van der Waals surface area contributed by atoms with E-state index < -0.39 is 0 Å². The SMILES string of the molecule is COC(=O)C(CC1(SCc2ccc(OC)cc2)CCCCC1)c1cc(C)ccc1C. The summed E-state index contributed by atoms with van der Waals surface area (Å²) in [6.07, 6.45) is 6.91. The van der Waals surface area contributed by atoms with Gasteiger partial charge in [0.1, 0.15) is 5.75 Å². The van der Waals surface area contributed by atoms with Crippen LogP contribution in [0.5, 0.6) is 5.75 Å². The van der Waals surface area contributed by atoms with Crippen LogP contribution in [0.25, 0.3) is 0 Å². The molecule has 0 aliphatic heterocycles. The molecule has 0 amide bonds. The van der Waals surface area contributed by atoms with E-state index in [2.05, 4.69) is 44.2 Å². The molecule has 0 N–H and O–H groups in total. The molecule has 1 unspecified atom stereocenters. The average Bonchev–Trinajstić information content (AvgIpc) is 2.78. The summed E-state index contributed by atoms with van der Waals surface area (Å²) >= 11 is 2.02. The van der Waals surface area contributed by atoms with E-state index in [4.69, 9.17) is 9.47 Å². The Morgan fingerprint density at radius 3 is 2.37 bits per heavy atom. The van der Waals surface area contributed by atoms with E-state index in [0.717, 1.165) is 36.3 Å². The van der Waals surface area contributed by atoms with Crippen LogP contribution in [-0.2, 0) is 15.3 Å². The van der Waals surface area contributed by atoms with Crippen molar-refractivity contribution in [2.75, 3.05) is 14.2 Å². The maximum atomic E-state index is 12.9. The van der Waals surface area contributed by atoms with E-state index >= 15 is 0 Å². The van der Waals surface area contributed by atoms with Crippen molar-refractivity contribution in [3.8, 4) is 5.75 Å². The van der Waals surface area contributed by atoms with E-state index in [1.807, 2.05) is 23.9 Å². The molecule has 1 aliphatic carbocycles. The zero-order valence-corrected chi connectivity index (χ0v) is 19.5. The predicted molar refractivity (Wildman–Crippen MR) is 125 cm³/mol. The number of thioether (sulfide) groups is 1. The van der Waals surface area contributed by atoms with Gasteiger partial charge in [-0.25, -0.2) is 0 Å².